The predicted octanol–water partition coefficient (Wildman–Crippen LogP) is 0.498. The molecule has 1 aliphatic heterocycles. The molecule has 1 aliphatic rings. The standard InChI is InChI=1S/C11H20N2O3/c1-2-4-8(7-10(14)15)13-11(16)9-5-3-6-12-9/h8-9,12H,2-7H2,1H3,(H,13,16)(H,14,15). The third kappa shape index (κ3) is 4.18. The van der Waals surface area contributed by atoms with Crippen molar-refractivity contribution >= 4 is 11.9 Å². The Morgan fingerprint density at radius 3 is 2.81 bits per heavy atom. The lowest BCUT2D eigenvalue weighted by molar-refractivity contribution is -0.137. The minimum absolute atomic E-state index is 0.00625. The van der Waals surface area contributed by atoms with E-state index in [2.05, 4.69) is 10.6 Å². The van der Waals surface area contributed by atoms with Gasteiger partial charge in [-0.25, -0.2) is 0 Å². The van der Waals surface area contributed by atoms with Gasteiger partial charge in [0.15, 0.2) is 0 Å². The van der Waals surface area contributed by atoms with Gasteiger partial charge in [-0.05, 0) is 25.8 Å². The van der Waals surface area contributed by atoms with Gasteiger partial charge in [0.2, 0.25) is 5.91 Å². The first-order valence-electron chi connectivity index (χ1n) is 5.89. The highest BCUT2D eigenvalue weighted by Crippen LogP contribution is 2.07. The predicted molar refractivity (Wildman–Crippen MR) is 60.1 cm³/mol. The number of amides is 1. The van der Waals surface area contributed by atoms with Gasteiger partial charge < -0.3 is 15.7 Å². The van der Waals surface area contributed by atoms with Crippen molar-refractivity contribution in [3.63, 3.8) is 0 Å². The Hall–Kier alpha value is -1.10. The molecule has 0 radical (unpaired) electrons. The maximum Gasteiger partial charge on any atom is 0.305 e. The van der Waals surface area contributed by atoms with Crippen LogP contribution < -0.4 is 10.6 Å². The fourth-order valence-electron chi connectivity index (χ4n) is 1.99. The fraction of sp³-hybridized carbons (Fsp3) is 0.818. The average Bonchev–Trinajstić information content (AvgIpc) is 2.69. The SMILES string of the molecule is CCCC(CC(=O)O)NC(=O)C1CCCN1. The highest BCUT2D eigenvalue weighted by atomic mass is 16.4. The molecule has 5 heteroatoms. The van der Waals surface area contributed by atoms with Crippen LogP contribution in [0.2, 0.25) is 0 Å². The normalized spacial score (nSPS) is 21.7. The van der Waals surface area contributed by atoms with Crippen molar-refractivity contribution in [2.45, 2.75) is 51.1 Å². The summed E-state index contributed by atoms with van der Waals surface area (Å²) in [5, 5.41) is 14.6. The lowest BCUT2D eigenvalue weighted by Gasteiger charge is -2.18. The molecule has 2 unspecified atom stereocenters. The van der Waals surface area contributed by atoms with E-state index in [1.54, 1.807) is 0 Å². The second-order valence-corrected chi connectivity index (χ2v) is 4.24. The van der Waals surface area contributed by atoms with Crippen molar-refractivity contribution in [2.24, 2.45) is 0 Å². The number of aliphatic carboxylic acids is 1. The molecule has 1 heterocycles. The zero-order valence-corrected chi connectivity index (χ0v) is 9.66. The molecule has 5 nitrogen and oxygen atoms in total. The Kier molecular flexibility index (Phi) is 5.25. The zero-order chi connectivity index (χ0) is 12.0. The van der Waals surface area contributed by atoms with Gasteiger partial charge in [0.05, 0.1) is 12.5 Å². The first-order chi connectivity index (χ1) is 7.63. The van der Waals surface area contributed by atoms with Gasteiger partial charge in [-0.1, -0.05) is 13.3 Å². The van der Waals surface area contributed by atoms with Crippen molar-refractivity contribution in [3.05, 3.63) is 0 Å². The summed E-state index contributed by atoms with van der Waals surface area (Å²) in [6, 6.07) is -0.370. The molecule has 0 aromatic heterocycles. The number of rotatable bonds is 6. The Balaban J connectivity index is 2.39. The number of carbonyl (C=O) groups is 2. The lowest BCUT2D eigenvalue weighted by atomic mass is 10.1. The van der Waals surface area contributed by atoms with Gasteiger partial charge >= 0.3 is 5.97 Å². The summed E-state index contributed by atoms with van der Waals surface area (Å²) < 4.78 is 0. The summed E-state index contributed by atoms with van der Waals surface area (Å²) in [6.07, 6.45) is 3.45. The molecular weight excluding hydrogens is 208 g/mol. The van der Waals surface area contributed by atoms with E-state index in [1.807, 2.05) is 6.92 Å². The molecule has 2 atom stereocenters. The van der Waals surface area contributed by atoms with Gasteiger partial charge in [0.25, 0.3) is 0 Å². The van der Waals surface area contributed by atoms with Gasteiger partial charge in [0.1, 0.15) is 0 Å². The number of carboxylic acids is 1. The smallest absolute Gasteiger partial charge is 0.305 e. The second-order valence-electron chi connectivity index (χ2n) is 4.24. The van der Waals surface area contributed by atoms with Crippen molar-refractivity contribution in [3.8, 4) is 0 Å². The maximum absolute atomic E-state index is 11.7. The van der Waals surface area contributed by atoms with Crippen LogP contribution in [0.15, 0.2) is 0 Å². The molecule has 0 saturated carbocycles. The van der Waals surface area contributed by atoms with Crippen molar-refractivity contribution in [1.82, 2.24) is 10.6 Å². The molecule has 1 saturated heterocycles. The molecule has 0 aromatic rings. The van der Waals surface area contributed by atoms with Crippen LogP contribution in [-0.4, -0.2) is 35.6 Å². The van der Waals surface area contributed by atoms with Crippen LogP contribution in [0.25, 0.3) is 0 Å². The highest BCUT2D eigenvalue weighted by Gasteiger charge is 2.24. The number of hydrogen-bond donors (Lipinski definition) is 3. The first-order valence-corrected chi connectivity index (χ1v) is 5.89. The molecule has 1 fully saturated rings. The Morgan fingerprint density at radius 1 is 1.56 bits per heavy atom. The molecule has 1 amide bonds. The third-order valence-electron chi connectivity index (χ3n) is 2.78. The van der Waals surface area contributed by atoms with Crippen LogP contribution >= 0.6 is 0 Å². The summed E-state index contributed by atoms with van der Waals surface area (Å²) in [5.74, 6) is -0.921. The van der Waals surface area contributed by atoms with Crippen LogP contribution in [0.4, 0.5) is 0 Å². The number of carbonyl (C=O) groups excluding carboxylic acids is 1. The molecule has 0 aromatic carbocycles. The summed E-state index contributed by atoms with van der Waals surface area (Å²) in [6.45, 7) is 2.85. The number of nitrogens with one attached hydrogen (secondary N) is 2. The first kappa shape index (κ1) is 13.0. The summed E-state index contributed by atoms with van der Waals surface area (Å²) in [7, 11) is 0. The monoisotopic (exact) mass is 228 g/mol. The van der Waals surface area contributed by atoms with E-state index in [1.165, 1.54) is 0 Å². The summed E-state index contributed by atoms with van der Waals surface area (Å²) >= 11 is 0. The van der Waals surface area contributed by atoms with Gasteiger partial charge in [0, 0.05) is 6.04 Å². The van der Waals surface area contributed by atoms with Crippen LogP contribution in [-0.2, 0) is 9.59 Å². The van der Waals surface area contributed by atoms with Crippen molar-refractivity contribution < 1.29 is 14.7 Å². The van der Waals surface area contributed by atoms with E-state index < -0.39 is 5.97 Å². The minimum atomic E-state index is -0.863. The van der Waals surface area contributed by atoms with Crippen LogP contribution in [0.3, 0.4) is 0 Å². The zero-order valence-electron chi connectivity index (χ0n) is 9.66. The van der Waals surface area contributed by atoms with Crippen molar-refractivity contribution in [1.29, 1.82) is 0 Å². The van der Waals surface area contributed by atoms with E-state index in [-0.39, 0.29) is 24.4 Å². The van der Waals surface area contributed by atoms with E-state index in [9.17, 15) is 9.59 Å². The molecule has 0 aliphatic carbocycles. The van der Waals surface area contributed by atoms with Gasteiger partial charge in [-0.2, -0.15) is 0 Å². The number of carboxylic acid groups (broad SMARTS) is 1. The second kappa shape index (κ2) is 6.48. The minimum Gasteiger partial charge on any atom is -0.481 e. The summed E-state index contributed by atoms with van der Waals surface area (Å²) in [5.41, 5.74) is 0. The molecule has 0 bridgehead atoms. The number of hydrogen-bond acceptors (Lipinski definition) is 3. The van der Waals surface area contributed by atoms with Gasteiger partial charge in [-0.3, -0.25) is 9.59 Å². The molecular formula is C11H20N2O3. The molecule has 0 spiro atoms. The topological polar surface area (TPSA) is 78.4 Å². The Morgan fingerprint density at radius 2 is 2.31 bits per heavy atom. The third-order valence-corrected chi connectivity index (χ3v) is 2.78. The molecule has 3 N–H and O–H groups in total. The quantitative estimate of drug-likeness (QED) is 0.618. The maximum atomic E-state index is 11.7. The summed E-state index contributed by atoms with van der Waals surface area (Å²) in [4.78, 5) is 22.4. The van der Waals surface area contributed by atoms with Crippen LogP contribution in [0.5, 0.6) is 0 Å². The molecule has 16 heavy (non-hydrogen) atoms. The van der Waals surface area contributed by atoms with Crippen LogP contribution in [0, 0.1) is 0 Å². The van der Waals surface area contributed by atoms with E-state index in [0.29, 0.717) is 6.42 Å². The average molecular weight is 228 g/mol. The van der Waals surface area contributed by atoms with Gasteiger partial charge in [-0.15, -0.1) is 0 Å². The highest BCUT2D eigenvalue weighted by molar-refractivity contribution is 5.82. The van der Waals surface area contributed by atoms with E-state index >= 15 is 0 Å². The Labute approximate surface area is 95.6 Å². The Bertz CT molecular complexity index is 250. The molecule has 1 rings (SSSR count). The fourth-order valence-corrected chi connectivity index (χ4v) is 1.99. The van der Waals surface area contributed by atoms with Crippen LogP contribution in [0.1, 0.15) is 39.0 Å². The lowest BCUT2D eigenvalue weighted by Crippen LogP contribution is -2.45. The van der Waals surface area contributed by atoms with E-state index in [0.717, 1.165) is 25.8 Å². The largest absolute Gasteiger partial charge is 0.481 e. The molecule has 92 valence electrons. The van der Waals surface area contributed by atoms with E-state index in [4.69, 9.17) is 5.11 Å². The van der Waals surface area contributed by atoms with Crippen molar-refractivity contribution in [2.75, 3.05) is 6.54 Å².